The average molecular weight is 346 g/mol. The number of benzene rings is 2. The number of hydrogen-bond donors (Lipinski definition) is 1. The van der Waals surface area contributed by atoms with E-state index in [1.165, 1.54) is 6.42 Å². The molecule has 4 heteroatoms. The summed E-state index contributed by atoms with van der Waals surface area (Å²) < 4.78 is 28.7. The Morgan fingerprint density at radius 2 is 1.67 bits per heavy atom. The Hall–Kier alpha value is -1.39. The van der Waals surface area contributed by atoms with Gasteiger partial charge in [0.2, 0.25) is 10.0 Å². The van der Waals surface area contributed by atoms with E-state index >= 15 is 0 Å². The molecular weight excluding hydrogens is 318 g/mol. The first-order valence-corrected chi connectivity index (χ1v) is 10.4. The van der Waals surface area contributed by atoms with E-state index in [0.29, 0.717) is 4.90 Å². The molecule has 0 aliphatic heterocycles. The van der Waals surface area contributed by atoms with Gasteiger partial charge in [-0.2, -0.15) is 0 Å². The van der Waals surface area contributed by atoms with E-state index in [1.54, 1.807) is 6.07 Å². The largest absolute Gasteiger partial charge is 0.241 e. The van der Waals surface area contributed by atoms with Gasteiger partial charge in [0.1, 0.15) is 0 Å². The molecule has 3 nitrogen and oxygen atoms in total. The minimum atomic E-state index is -3.48. The van der Waals surface area contributed by atoms with Gasteiger partial charge in [0.25, 0.3) is 0 Å². The second-order valence-electron chi connectivity index (χ2n) is 7.45. The van der Waals surface area contributed by atoms with Crippen molar-refractivity contribution >= 4 is 20.8 Å². The molecule has 2 aromatic carbocycles. The minimum Gasteiger partial charge on any atom is -0.208 e. The van der Waals surface area contributed by atoms with Gasteiger partial charge in [-0.3, -0.25) is 0 Å². The van der Waals surface area contributed by atoms with Crippen LogP contribution in [-0.2, 0) is 10.0 Å². The zero-order chi connectivity index (χ0) is 17.2. The molecule has 0 spiro atoms. The average Bonchev–Trinajstić information content (AvgIpc) is 2.55. The molecule has 0 atom stereocenters. The van der Waals surface area contributed by atoms with Gasteiger partial charge in [-0.1, -0.05) is 50.2 Å². The summed E-state index contributed by atoms with van der Waals surface area (Å²) in [6, 6.07) is 13.2. The Bertz CT molecular complexity index is 785. The van der Waals surface area contributed by atoms with Crippen LogP contribution in [0.3, 0.4) is 0 Å². The molecule has 1 aliphatic rings. The lowest BCUT2D eigenvalue weighted by Crippen LogP contribution is -2.37. The number of sulfonamides is 1. The third-order valence-corrected chi connectivity index (χ3v) is 6.59. The fourth-order valence-electron chi connectivity index (χ4n) is 3.90. The Morgan fingerprint density at radius 1 is 1.00 bits per heavy atom. The van der Waals surface area contributed by atoms with Crippen molar-refractivity contribution in [2.24, 2.45) is 11.8 Å². The molecule has 0 bridgehead atoms. The SMILES string of the molecule is CC(C)CC1CCC(NS(=O)(=O)c2cccc3ccccc23)CC1. The van der Waals surface area contributed by atoms with Crippen LogP contribution < -0.4 is 4.72 Å². The van der Waals surface area contributed by atoms with E-state index in [2.05, 4.69) is 18.6 Å². The molecule has 0 aromatic heterocycles. The summed E-state index contributed by atoms with van der Waals surface area (Å²) in [6.07, 6.45) is 5.40. The van der Waals surface area contributed by atoms with Crippen LogP contribution in [0.1, 0.15) is 46.0 Å². The smallest absolute Gasteiger partial charge is 0.208 e. The van der Waals surface area contributed by atoms with Gasteiger partial charge in [0.15, 0.2) is 0 Å². The van der Waals surface area contributed by atoms with Gasteiger partial charge in [-0.15, -0.1) is 0 Å². The number of nitrogens with one attached hydrogen (secondary N) is 1. The molecule has 0 saturated heterocycles. The Kier molecular flexibility index (Phi) is 5.26. The second kappa shape index (κ2) is 7.24. The van der Waals surface area contributed by atoms with E-state index in [0.717, 1.165) is 48.3 Å². The van der Waals surface area contributed by atoms with Crippen molar-refractivity contribution in [1.82, 2.24) is 4.72 Å². The minimum absolute atomic E-state index is 0.0670. The van der Waals surface area contributed by atoms with E-state index in [-0.39, 0.29) is 6.04 Å². The van der Waals surface area contributed by atoms with Crippen molar-refractivity contribution in [2.75, 3.05) is 0 Å². The molecule has 0 heterocycles. The standard InChI is InChI=1S/C20H27NO2S/c1-15(2)14-16-10-12-18(13-11-16)21-24(22,23)20-9-5-7-17-6-3-4-8-19(17)20/h3-9,15-16,18,21H,10-14H2,1-2H3. The monoisotopic (exact) mass is 345 g/mol. The fraction of sp³-hybridized carbons (Fsp3) is 0.500. The van der Waals surface area contributed by atoms with E-state index in [9.17, 15) is 8.42 Å². The second-order valence-corrected chi connectivity index (χ2v) is 9.13. The molecule has 24 heavy (non-hydrogen) atoms. The van der Waals surface area contributed by atoms with E-state index < -0.39 is 10.0 Å². The first-order valence-electron chi connectivity index (χ1n) is 8.96. The highest BCUT2D eigenvalue weighted by Gasteiger charge is 2.26. The molecule has 0 radical (unpaired) electrons. The van der Waals surface area contributed by atoms with Crippen molar-refractivity contribution in [3.8, 4) is 0 Å². The zero-order valence-corrected chi connectivity index (χ0v) is 15.4. The zero-order valence-electron chi connectivity index (χ0n) is 14.5. The number of hydrogen-bond acceptors (Lipinski definition) is 2. The van der Waals surface area contributed by atoms with Crippen LogP contribution in [-0.4, -0.2) is 14.5 Å². The van der Waals surface area contributed by atoms with Gasteiger partial charge in [-0.25, -0.2) is 13.1 Å². The van der Waals surface area contributed by atoms with Crippen molar-refractivity contribution in [3.63, 3.8) is 0 Å². The fourth-order valence-corrected chi connectivity index (χ4v) is 5.43. The van der Waals surface area contributed by atoms with Crippen LogP contribution in [0, 0.1) is 11.8 Å². The Balaban J connectivity index is 1.73. The van der Waals surface area contributed by atoms with Crippen molar-refractivity contribution in [3.05, 3.63) is 42.5 Å². The molecule has 2 aromatic rings. The topological polar surface area (TPSA) is 46.2 Å². The quantitative estimate of drug-likeness (QED) is 0.852. The third-order valence-electron chi connectivity index (χ3n) is 5.01. The lowest BCUT2D eigenvalue weighted by Gasteiger charge is -2.30. The normalized spacial score (nSPS) is 22.1. The predicted octanol–water partition coefficient (Wildman–Crippen LogP) is 4.72. The van der Waals surface area contributed by atoms with Crippen LogP contribution in [0.15, 0.2) is 47.4 Å². The third kappa shape index (κ3) is 3.98. The van der Waals surface area contributed by atoms with Crippen molar-refractivity contribution in [1.29, 1.82) is 0 Å². The van der Waals surface area contributed by atoms with Gasteiger partial charge in [-0.05, 0) is 55.4 Å². The summed E-state index contributed by atoms with van der Waals surface area (Å²) in [5.41, 5.74) is 0. The maximum Gasteiger partial charge on any atom is 0.241 e. The molecule has 0 amide bonds. The highest BCUT2D eigenvalue weighted by Crippen LogP contribution is 2.30. The summed E-state index contributed by atoms with van der Waals surface area (Å²) in [4.78, 5) is 0.393. The number of rotatable bonds is 5. The summed E-state index contributed by atoms with van der Waals surface area (Å²) in [6.45, 7) is 4.52. The highest BCUT2D eigenvalue weighted by molar-refractivity contribution is 7.89. The summed E-state index contributed by atoms with van der Waals surface area (Å²) in [5, 5.41) is 1.75. The molecular formula is C20H27NO2S. The predicted molar refractivity (Wildman–Crippen MR) is 99.5 cm³/mol. The molecule has 1 saturated carbocycles. The van der Waals surface area contributed by atoms with E-state index in [4.69, 9.17) is 0 Å². The van der Waals surface area contributed by atoms with Crippen LogP contribution in [0.4, 0.5) is 0 Å². The van der Waals surface area contributed by atoms with Crippen LogP contribution in [0.5, 0.6) is 0 Å². The van der Waals surface area contributed by atoms with Crippen LogP contribution in [0.25, 0.3) is 10.8 Å². The summed E-state index contributed by atoms with van der Waals surface area (Å²) in [7, 11) is -3.48. The molecule has 1 aliphatic carbocycles. The highest BCUT2D eigenvalue weighted by atomic mass is 32.2. The van der Waals surface area contributed by atoms with Gasteiger partial charge in [0, 0.05) is 11.4 Å². The van der Waals surface area contributed by atoms with Crippen LogP contribution >= 0.6 is 0 Å². The van der Waals surface area contributed by atoms with Gasteiger partial charge < -0.3 is 0 Å². The lowest BCUT2D eigenvalue weighted by atomic mass is 9.82. The van der Waals surface area contributed by atoms with Crippen molar-refractivity contribution in [2.45, 2.75) is 56.9 Å². The molecule has 1 N–H and O–H groups in total. The Morgan fingerprint density at radius 3 is 2.38 bits per heavy atom. The molecule has 1 fully saturated rings. The van der Waals surface area contributed by atoms with Gasteiger partial charge >= 0.3 is 0 Å². The van der Waals surface area contributed by atoms with Gasteiger partial charge in [0.05, 0.1) is 4.90 Å². The first kappa shape index (κ1) is 17.4. The van der Waals surface area contributed by atoms with Crippen molar-refractivity contribution < 1.29 is 8.42 Å². The molecule has 3 rings (SSSR count). The molecule has 0 unspecified atom stereocenters. The maximum atomic E-state index is 12.9. The Labute approximate surface area is 145 Å². The summed E-state index contributed by atoms with van der Waals surface area (Å²) in [5.74, 6) is 1.47. The maximum absolute atomic E-state index is 12.9. The lowest BCUT2D eigenvalue weighted by molar-refractivity contribution is 0.274. The number of fused-ring (bicyclic) bond motifs is 1. The first-order chi connectivity index (χ1) is 11.5. The summed E-state index contributed by atoms with van der Waals surface area (Å²) >= 11 is 0. The van der Waals surface area contributed by atoms with Crippen LogP contribution in [0.2, 0.25) is 0 Å². The molecule has 130 valence electrons. The van der Waals surface area contributed by atoms with E-state index in [1.807, 2.05) is 36.4 Å².